The summed E-state index contributed by atoms with van der Waals surface area (Å²) in [5, 5.41) is 9.88. The molecule has 0 unspecified atom stereocenters. The van der Waals surface area contributed by atoms with Gasteiger partial charge in [-0.3, -0.25) is 9.78 Å². The van der Waals surface area contributed by atoms with Crippen LogP contribution in [0.4, 0.5) is 0 Å². The minimum absolute atomic E-state index is 0.145. The zero-order valence-electron chi connectivity index (χ0n) is 14.1. The normalized spacial score (nSPS) is 11.0. The fourth-order valence-corrected chi connectivity index (χ4v) is 2.28. The summed E-state index contributed by atoms with van der Waals surface area (Å²) in [4.78, 5) is 20.4. The summed E-state index contributed by atoms with van der Waals surface area (Å²) in [6.07, 6.45) is 3.17. The Morgan fingerprint density at radius 3 is 2.64 bits per heavy atom. The van der Waals surface area contributed by atoms with Crippen molar-refractivity contribution in [2.24, 2.45) is 4.99 Å². The van der Waals surface area contributed by atoms with Gasteiger partial charge in [0.1, 0.15) is 0 Å². The lowest BCUT2D eigenvalue weighted by molar-refractivity contribution is 0.0954. The van der Waals surface area contributed by atoms with Crippen molar-refractivity contribution >= 4 is 23.5 Å². The summed E-state index contributed by atoms with van der Waals surface area (Å²) in [7, 11) is 0. The summed E-state index contributed by atoms with van der Waals surface area (Å²) in [6.45, 7) is 4.26. The standard InChI is InChI=1S/C18H22ClN5O/c1-2-21-18(24-13-14-6-3-4-8-16(14)19)23-11-10-22-17(25)15-7-5-9-20-12-15/h3-9,12H,2,10-11,13H2,1H3,(H,22,25)(H2,21,23,24). The SMILES string of the molecule is CCNC(=NCc1ccccc1Cl)NCCNC(=O)c1cccnc1. The van der Waals surface area contributed by atoms with Gasteiger partial charge in [-0.25, -0.2) is 4.99 Å². The van der Waals surface area contributed by atoms with Gasteiger partial charge in [-0.15, -0.1) is 0 Å². The molecule has 2 aromatic rings. The van der Waals surface area contributed by atoms with Gasteiger partial charge < -0.3 is 16.0 Å². The third kappa shape index (κ3) is 6.43. The molecule has 1 aromatic heterocycles. The molecule has 0 saturated heterocycles. The number of halogens is 1. The number of carbonyl (C=O) groups is 1. The summed E-state index contributed by atoms with van der Waals surface area (Å²) in [6, 6.07) is 11.1. The second-order valence-electron chi connectivity index (χ2n) is 5.21. The van der Waals surface area contributed by atoms with Crippen molar-refractivity contribution in [1.82, 2.24) is 20.9 Å². The van der Waals surface area contributed by atoms with Gasteiger partial charge in [-0.2, -0.15) is 0 Å². The molecule has 1 aromatic carbocycles. The van der Waals surface area contributed by atoms with Gasteiger partial charge in [0, 0.05) is 37.1 Å². The molecule has 0 aliphatic rings. The Morgan fingerprint density at radius 2 is 1.92 bits per heavy atom. The molecule has 0 aliphatic heterocycles. The number of amides is 1. The Labute approximate surface area is 152 Å². The van der Waals surface area contributed by atoms with Crippen molar-refractivity contribution in [2.75, 3.05) is 19.6 Å². The number of aromatic nitrogens is 1. The molecule has 7 heteroatoms. The van der Waals surface area contributed by atoms with Crippen LogP contribution in [0, 0.1) is 0 Å². The summed E-state index contributed by atoms with van der Waals surface area (Å²) in [5.74, 6) is 0.533. The number of benzene rings is 1. The average molecular weight is 360 g/mol. The minimum Gasteiger partial charge on any atom is -0.357 e. The number of hydrogen-bond donors (Lipinski definition) is 3. The van der Waals surface area contributed by atoms with Gasteiger partial charge in [0.15, 0.2) is 5.96 Å². The molecule has 1 amide bonds. The number of carbonyl (C=O) groups excluding carboxylic acids is 1. The molecular weight excluding hydrogens is 338 g/mol. The van der Waals surface area contributed by atoms with Crippen molar-refractivity contribution in [1.29, 1.82) is 0 Å². The van der Waals surface area contributed by atoms with E-state index in [1.165, 1.54) is 6.20 Å². The first-order chi connectivity index (χ1) is 12.2. The van der Waals surface area contributed by atoms with E-state index >= 15 is 0 Å². The number of hydrogen-bond acceptors (Lipinski definition) is 3. The minimum atomic E-state index is -0.145. The highest BCUT2D eigenvalue weighted by Gasteiger charge is 2.04. The van der Waals surface area contributed by atoms with Crippen LogP contribution in [0.25, 0.3) is 0 Å². The largest absolute Gasteiger partial charge is 0.357 e. The van der Waals surface area contributed by atoms with E-state index in [4.69, 9.17) is 11.6 Å². The summed E-state index contributed by atoms with van der Waals surface area (Å²) >= 11 is 6.14. The first-order valence-electron chi connectivity index (χ1n) is 8.14. The van der Waals surface area contributed by atoms with Crippen LogP contribution < -0.4 is 16.0 Å². The summed E-state index contributed by atoms with van der Waals surface area (Å²) < 4.78 is 0. The molecule has 0 aliphatic carbocycles. The molecule has 0 radical (unpaired) electrons. The molecule has 3 N–H and O–H groups in total. The van der Waals surface area contributed by atoms with E-state index < -0.39 is 0 Å². The van der Waals surface area contributed by atoms with Crippen molar-refractivity contribution < 1.29 is 4.79 Å². The van der Waals surface area contributed by atoms with Gasteiger partial charge in [0.25, 0.3) is 5.91 Å². The van der Waals surface area contributed by atoms with Gasteiger partial charge in [0.2, 0.25) is 0 Å². The van der Waals surface area contributed by atoms with Crippen molar-refractivity contribution in [2.45, 2.75) is 13.5 Å². The zero-order chi connectivity index (χ0) is 17.9. The number of nitrogens with zero attached hydrogens (tertiary/aromatic N) is 2. The van der Waals surface area contributed by atoms with Gasteiger partial charge >= 0.3 is 0 Å². The maximum Gasteiger partial charge on any atom is 0.252 e. The van der Waals surface area contributed by atoms with Crippen LogP contribution in [0.1, 0.15) is 22.8 Å². The third-order valence-corrected chi connectivity index (χ3v) is 3.71. The van der Waals surface area contributed by atoms with E-state index in [9.17, 15) is 4.79 Å². The van der Waals surface area contributed by atoms with E-state index in [0.29, 0.717) is 36.2 Å². The van der Waals surface area contributed by atoms with Crippen molar-refractivity contribution in [3.63, 3.8) is 0 Å². The second-order valence-corrected chi connectivity index (χ2v) is 5.62. The highest BCUT2D eigenvalue weighted by molar-refractivity contribution is 6.31. The Balaban J connectivity index is 1.80. The third-order valence-electron chi connectivity index (χ3n) is 3.34. The van der Waals surface area contributed by atoms with E-state index in [2.05, 4.69) is 25.9 Å². The van der Waals surface area contributed by atoms with Crippen molar-refractivity contribution in [3.8, 4) is 0 Å². The molecule has 0 spiro atoms. The smallest absolute Gasteiger partial charge is 0.252 e. The number of guanidine groups is 1. The van der Waals surface area contributed by atoms with E-state index in [1.807, 2.05) is 31.2 Å². The number of rotatable bonds is 7. The van der Waals surface area contributed by atoms with Crippen LogP contribution in [0.3, 0.4) is 0 Å². The highest BCUT2D eigenvalue weighted by atomic mass is 35.5. The number of pyridine rings is 1. The zero-order valence-corrected chi connectivity index (χ0v) is 14.9. The maximum atomic E-state index is 11.9. The Kier molecular flexibility index (Phi) is 7.72. The fourth-order valence-electron chi connectivity index (χ4n) is 2.09. The number of aliphatic imine (C=N–C) groups is 1. The molecule has 132 valence electrons. The quantitative estimate of drug-likeness (QED) is 0.402. The predicted molar refractivity (Wildman–Crippen MR) is 101 cm³/mol. The lowest BCUT2D eigenvalue weighted by atomic mass is 10.2. The first kappa shape index (κ1) is 18.7. The van der Waals surface area contributed by atoms with Crippen LogP contribution >= 0.6 is 11.6 Å². The highest BCUT2D eigenvalue weighted by Crippen LogP contribution is 2.15. The van der Waals surface area contributed by atoms with Crippen molar-refractivity contribution in [3.05, 3.63) is 64.9 Å². The molecule has 2 rings (SSSR count). The molecule has 6 nitrogen and oxygen atoms in total. The maximum absolute atomic E-state index is 11.9. The predicted octanol–water partition coefficient (Wildman–Crippen LogP) is 2.22. The lowest BCUT2D eigenvalue weighted by Crippen LogP contribution is -2.41. The molecule has 0 bridgehead atoms. The van der Waals surface area contributed by atoms with Gasteiger partial charge in [-0.1, -0.05) is 29.8 Å². The molecule has 1 heterocycles. The monoisotopic (exact) mass is 359 g/mol. The van der Waals surface area contributed by atoms with E-state index in [1.54, 1.807) is 18.3 Å². The summed E-state index contributed by atoms with van der Waals surface area (Å²) in [5.41, 5.74) is 1.51. The molecular formula is C18H22ClN5O. The average Bonchev–Trinajstić information content (AvgIpc) is 2.64. The molecule has 25 heavy (non-hydrogen) atoms. The topological polar surface area (TPSA) is 78.4 Å². The second kappa shape index (κ2) is 10.3. The van der Waals surface area contributed by atoms with Crippen LogP contribution in [0.2, 0.25) is 5.02 Å². The van der Waals surface area contributed by atoms with Crippen LogP contribution in [0.15, 0.2) is 53.8 Å². The molecule has 0 fully saturated rings. The Bertz CT molecular complexity index is 706. The Hall–Kier alpha value is -2.60. The van der Waals surface area contributed by atoms with Gasteiger partial charge in [-0.05, 0) is 30.7 Å². The molecule has 0 saturated carbocycles. The number of nitrogens with one attached hydrogen (secondary N) is 3. The van der Waals surface area contributed by atoms with Crippen LogP contribution in [-0.4, -0.2) is 36.5 Å². The lowest BCUT2D eigenvalue weighted by Gasteiger charge is -2.12. The Morgan fingerprint density at radius 1 is 1.12 bits per heavy atom. The van der Waals surface area contributed by atoms with E-state index in [-0.39, 0.29) is 5.91 Å². The van der Waals surface area contributed by atoms with Gasteiger partial charge in [0.05, 0.1) is 12.1 Å². The van der Waals surface area contributed by atoms with Crippen LogP contribution in [-0.2, 0) is 6.54 Å². The fraction of sp³-hybridized carbons (Fsp3) is 0.278. The first-order valence-corrected chi connectivity index (χ1v) is 8.52. The molecule has 0 atom stereocenters. The van der Waals surface area contributed by atoms with Crippen LogP contribution in [0.5, 0.6) is 0 Å². The van der Waals surface area contributed by atoms with E-state index in [0.717, 1.165) is 12.1 Å².